The summed E-state index contributed by atoms with van der Waals surface area (Å²) in [5.41, 5.74) is 1.01. The topological polar surface area (TPSA) is 65.5 Å². The Morgan fingerprint density at radius 1 is 1.12 bits per heavy atom. The van der Waals surface area contributed by atoms with Crippen LogP contribution in [0.3, 0.4) is 0 Å². The number of anilines is 1. The second-order valence-corrected chi connectivity index (χ2v) is 9.19. The van der Waals surface area contributed by atoms with Crippen LogP contribution in [0.25, 0.3) is 10.2 Å². The van der Waals surface area contributed by atoms with Gasteiger partial charge < -0.3 is 4.90 Å². The molecule has 4 rings (SSSR count). The third-order valence-electron chi connectivity index (χ3n) is 4.70. The Bertz CT molecular complexity index is 781. The molecule has 2 aliphatic heterocycles. The molecule has 0 saturated carbocycles. The largest absolute Gasteiger partial charge is 0.346 e. The normalized spacial score (nSPS) is 23.2. The van der Waals surface area contributed by atoms with E-state index >= 15 is 0 Å². The van der Waals surface area contributed by atoms with Crippen LogP contribution in [0, 0.1) is 0 Å². The van der Waals surface area contributed by atoms with Gasteiger partial charge in [0.15, 0.2) is 5.13 Å². The number of nitrogens with zero attached hydrogens (tertiary/aromatic N) is 3. The molecule has 0 bridgehead atoms. The molecule has 2 aromatic rings. The highest BCUT2D eigenvalue weighted by molar-refractivity contribution is 7.87. The summed E-state index contributed by atoms with van der Waals surface area (Å²) in [6, 6.07) is 8.07. The molecule has 0 unspecified atom stereocenters. The number of fused-ring (bicyclic) bond motifs is 1. The van der Waals surface area contributed by atoms with Crippen LogP contribution in [0.2, 0.25) is 0 Å². The summed E-state index contributed by atoms with van der Waals surface area (Å²) < 4.78 is 30.6. The van der Waals surface area contributed by atoms with Gasteiger partial charge in [-0.25, -0.2) is 4.98 Å². The molecule has 1 N–H and O–H groups in total. The van der Waals surface area contributed by atoms with Crippen molar-refractivity contribution in [2.24, 2.45) is 0 Å². The number of benzene rings is 1. The van der Waals surface area contributed by atoms with Crippen LogP contribution in [-0.2, 0) is 10.2 Å². The lowest BCUT2D eigenvalue weighted by molar-refractivity contribution is 0.425. The molecule has 2 saturated heterocycles. The molecule has 24 heavy (non-hydrogen) atoms. The van der Waals surface area contributed by atoms with E-state index in [1.165, 1.54) is 4.70 Å². The maximum absolute atomic E-state index is 12.5. The van der Waals surface area contributed by atoms with Crippen molar-refractivity contribution in [3.8, 4) is 0 Å². The first-order chi connectivity index (χ1) is 11.6. The Kier molecular flexibility index (Phi) is 4.46. The van der Waals surface area contributed by atoms with Crippen LogP contribution in [0.5, 0.6) is 0 Å². The van der Waals surface area contributed by atoms with Crippen molar-refractivity contribution in [3.05, 3.63) is 24.3 Å². The molecule has 1 aromatic heterocycles. The second-order valence-electron chi connectivity index (χ2n) is 6.48. The van der Waals surface area contributed by atoms with E-state index in [0.29, 0.717) is 19.6 Å². The Morgan fingerprint density at radius 3 is 2.71 bits per heavy atom. The lowest BCUT2D eigenvalue weighted by Crippen LogP contribution is -2.51. The molecule has 3 heterocycles. The fourth-order valence-corrected chi connectivity index (χ4v) is 5.96. The van der Waals surface area contributed by atoms with Gasteiger partial charge in [0.25, 0.3) is 10.2 Å². The minimum absolute atomic E-state index is 0.0450. The summed E-state index contributed by atoms with van der Waals surface area (Å²) in [5.74, 6) is 0. The predicted molar refractivity (Wildman–Crippen MR) is 97.7 cm³/mol. The number of para-hydroxylation sites is 1. The van der Waals surface area contributed by atoms with Crippen LogP contribution < -0.4 is 9.62 Å². The Hall–Kier alpha value is -1.22. The molecule has 1 aromatic carbocycles. The highest BCUT2D eigenvalue weighted by Gasteiger charge is 2.30. The fraction of sp³-hybridized carbons (Fsp3) is 0.562. The van der Waals surface area contributed by atoms with Crippen LogP contribution in [0.15, 0.2) is 24.3 Å². The molecule has 6 nitrogen and oxygen atoms in total. The van der Waals surface area contributed by atoms with E-state index < -0.39 is 10.2 Å². The summed E-state index contributed by atoms with van der Waals surface area (Å²) in [6.45, 7) is 2.90. The minimum atomic E-state index is -3.35. The van der Waals surface area contributed by atoms with E-state index in [-0.39, 0.29) is 6.04 Å². The third kappa shape index (κ3) is 3.28. The van der Waals surface area contributed by atoms with Gasteiger partial charge in [-0.1, -0.05) is 23.5 Å². The van der Waals surface area contributed by atoms with Gasteiger partial charge in [0, 0.05) is 32.2 Å². The smallest absolute Gasteiger partial charge is 0.279 e. The molecule has 0 amide bonds. The van der Waals surface area contributed by atoms with E-state index in [2.05, 4.69) is 15.7 Å². The molecule has 1 atom stereocenters. The van der Waals surface area contributed by atoms with Crippen molar-refractivity contribution in [2.45, 2.75) is 31.7 Å². The number of aromatic nitrogens is 1. The van der Waals surface area contributed by atoms with Crippen molar-refractivity contribution in [1.29, 1.82) is 0 Å². The lowest BCUT2D eigenvalue weighted by Gasteiger charge is -2.33. The standard InChI is InChI=1S/C16H22N4O2S2/c21-24(22,20-10-3-4-11-20)18-13-6-5-9-19(12-13)16-17-14-7-1-2-8-15(14)23-16/h1-2,7-8,13,18H,3-6,9-12H2/t13-/m0/s1. The summed E-state index contributed by atoms with van der Waals surface area (Å²) in [6.07, 6.45) is 3.78. The van der Waals surface area contributed by atoms with Crippen LogP contribution in [0.4, 0.5) is 5.13 Å². The highest BCUT2D eigenvalue weighted by Crippen LogP contribution is 2.30. The van der Waals surface area contributed by atoms with Crippen LogP contribution in [-0.4, -0.2) is 49.9 Å². The Balaban J connectivity index is 1.47. The zero-order valence-electron chi connectivity index (χ0n) is 13.5. The SMILES string of the molecule is O=S(=O)(N[C@H]1CCCN(c2nc3ccccc3s2)C1)N1CCCC1. The van der Waals surface area contributed by atoms with E-state index in [1.54, 1.807) is 15.6 Å². The summed E-state index contributed by atoms with van der Waals surface area (Å²) >= 11 is 1.68. The monoisotopic (exact) mass is 366 g/mol. The van der Waals surface area contributed by atoms with Gasteiger partial charge >= 0.3 is 0 Å². The first kappa shape index (κ1) is 16.3. The van der Waals surface area contributed by atoms with Crippen molar-refractivity contribution in [3.63, 3.8) is 0 Å². The average Bonchev–Trinajstić information content (AvgIpc) is 3.24. The zero-order chi connectivity index (χ0) is 16.6. The Labute approximate surface area is 146 Å². The zero-order valence-corrected chi connectivity index (χ0v) is 15.2. The Morgan fingerprint density at radius 2 is 1.92 bits per heavy atom. The molecule has 0 spiro atoms. The quantitative estimate of drug-likeness (QED) is 0.901. The highest BCUT2D eigenvalue weighted by atomic mass is 32.2. The predicted octanol–water partition coefficient (Wildman–Crippen LogP) is 2.20. The molecule has 0 aliphatic carbocycles. The molecule has 2 aliphatic rings. The van der Waals surface area contributed by atoms with Crippen LogP contribution in [0.1, 0.15) is 25.7 Å². The maximum Gasteiger partial charge on any atom is 0.279 e. The maximum atomic E-state index is 12.5. The van der Waals surface area contributed by atoms with Crippen molar-refractivity contribution in [2.75, 3.05) is 31.1 Å². The molecule has 0 radical (unpaired) electrons. The second kappa shape index (κ2) is 6.59. The number of nitrogens with one attached hydrogen (secondary N) is 1. The van der Waals surface area contributed by atoms with E-state index in [9.17, 15) is 8.42 Å². The van der Waals surface area contributed by atoms with E-state index in [4.69, 9.17) is 4.98 Å². The number of hydrogen-bond acceptors (Lipinski definition) is 5. The number of piperidine rings is 1. The number of hydrogen-bond donors (Lipinski definition) is 1. The molecular weight excluding hydrogens is 344 g/mol. The molecular formula is C16H22N4O2S2. The fourth-order valence-electron chi connectivity index (χ4n) is 3.46. The van der Waals surface area contributed by atoms with Gasteiger partial charge in [-0.2, -0.15) is 17.4 Å². The molecule has 130 valence electrons. The molecule has 2 fully saturated rings. The van der Waals surface area contributed by atoms with Gasteiger partial charge in [0.2, 0.25) is 0 Å². The van der Waals surface area contributed by atoms with Crippen LogP contribution >= 0.6 is 11.3 Å². The van der Waals surface area contributed by atoms with Gasteiger partial charge in [0.05, 0.1) is 10.2 Å². The van der Waals surface area contributed by atoms with Gasteiger partial charge in [-0.3, -0.25) is 0 Å². The average molecular weight is 367 g/mol. The third-order valence-corrected chi connectivity index (χ3v) is 7.47. The van der Waals surface area contributed by atoms with E-state index in [0.717, 1.165) is 42.9 Å². The van der Waals surface area contributed by atoms with Crippen molar-refractivity contribution < 1.29 is 8.42 Å². The lowest BCUT2D eigenvalue weighted by atomic mass is 10.1. The number of rotatable bonds is 4. The number of thiazole rings is 1. The van der Waals surface area contributed by atoms with Gasteiger partial charge in [-0.15, -0.1) is 0 Å². The first-order valence-corrected chi connectivity index (χ1v) is 10.8. The van der Waals surface area contributed by atoms with E-state index in [1.807, 2.05) is 18.2 Å². The minimum Gasteiger partial charge on any atom is -0.346 e. The van der Waals surface area contributed by atoms with Gasteiger partial charge in [0.1, 0.15) is 0 Å². The molecule has 8 heteroatoms. The summed E-state index contributed by atoms with van der Waals surface area (Å²) in [5, 5.41) is 0.987. The summed E-state index contributed by atoms with van der Waals surface area (Å²) in [7, 11) is -3.35. The van der Waals surface area contributed by atoms with Gasteiger partial charge in [-0.05, 0) is 37.8 Å². The van der Waals surface area contributed by atoms with Crippen molar-refractivity contribution in [1.82, 2.24) is 14.0 Å². The summed E-state index contributed by atoms with van der Waals surface area (Å²) in [4.78, 5) is 6.92. The van der Waals surface area contributed by atoms with Crippen molar-refractivity contribution >= 4 is 36.9 Å². The first-order valence-electron chi connectivity index (χ1n) is 8.50.